The maximum Gasteiger partial charge on any atom is 0.277 e. The number of amides is 1. The van der Waals surface area contributed by atoms with Gasteiger partial charge in [-0.2, -0.15) is 0 Å². The highest BCUT2D eigenvalue weighted by Gasteiger charge is 2.70. The lowest BCUT2D eigenvalue weighted by Gasteiger charge is -2.65. The van der Waals surface area contributed by atoms with Crippen LogP contribution in [-0.4, -0.2) is 42.7 Å². The van der Waals surface area contributed by atoms with E-state index in [-0.39, 0.29) is 46.8 Å². The molecule has 0 aromatic heterocycles. The first-order chi connectivity index (χ1) is 19.2. The van der Waals surface area contributed by atoms with E-state index in [1.54, 1.807) is 18.2 Å². The fourth-order valence-corrected chi connectivity index (χ4v) is 11.5. The van der Waals surface area contributed by atoms with Gasteiger partial charge in [-0.05, 0) is 103 Å². The van der Waals surface area contributed by atoms with E-state index in [1.165, 1.54) is 12.1 Å². The van der Waals surface area contributed by atoms with Gasteiger partial charge in [0, 0.05) is 12.3 Å². The Morgan fingerprint density at radius 1 is 1.02 bits per heavy atom. The monoisotopic (exact) mass is 595 g/mol. The van der Waals surface area contributed by atoms with Gasteiger partial charge >= 0.3 is 0 Å². The van der Waals surface area contributed by atoms with E-state index in [4.69, 9.17) is 0 Å². The number of benzene rings is 1. The fraction of sp³-hybridized carbons (Fsp3) is 0.781. The largest absolute Gasteiger partial charge is 0.393 e. The molecule has 1 aromatic carbocycles. The summed E-state index contributed by atoms with van der Waals surface area (Å²) in [6, 6.07) is 7.85. The molecule has 0 aliphatic heterocycles. The molecule has 0 radical (unpaired) electrons. The van der Waals surface area contributed by atoms with E-state index in [2.05, 4.69) is 18.6 Å². The van der Waals surface area contributed by atoms with Crippen LogP contribution in [0.25, 0.3) is 0 Å². The van der Waals surface area contributed by atoms with Gasteiger partial charge in [0.25, 0.3) is 15.9 Å². The summed E-state index contributed by atoms with van der Waals surface area (Å²) in [6.45, 7) is 8.32. The van der Waals surface area contributed by atoms with Crippen molar-refractivity contribution >= 4 is 15.9 Å². The molecule has 3 N–H and O–H groups in total. The average Bonchev–Trinajstić information content (AvgIpc) is 3.28. The molecule has 4 aliphatic rings. The number of aliphatic hydroxyl groups excluding tert-OH is 2. The average molecular weight is 596 g/mol. The molecule has 4 unspecified atom stereocenters. The molecular weight excluding hydrogens is 548 g/mol. The SMILES string of the molecule is CC[C@@H]1[C@@H]2C(F)(F)[C@H](O)CC[C@]2(C)C2CC[C@@]3(C)C(CCC3[C@H](C)CCC(=O)NS(=O)(=O)c3ccccc3)C2[C@@H]1O. The van der Waals surface area contributed by atoms with Crippen LogP contribution in [0.2, 0.25) is 0 Å². The van der Waals surface area contributed by atoms with Gasteiger partial charge < -0.3 is 10.2 Å². The second-order valence-corrected chi connectivity index (χ2v) is 15.8. The maximum atomic E-state index is 15.6. The number of halogens is 2. The van der Waals surface area contributed by atoms with Gasteiger partial charge in [0.15, 0.2) is 0 Å². The standard InChI is InChI=1S/C32H47F2NO5S/c1-5-21-28(38)27-23-13-12-22(19(2)11-14-26(37)35-41(39,40)20-9-7-6-8-10-20)30(23,3)17-15-24(27)31(4)18-16-25(36)32(33,34)29(21)31/h6-10,19,21-25,27-29,36,38H,5,11-18H2,1-4H3,(H,35,37)/t19-,21+,22?,23?,24?,25-,27?,28-,29+,30-,31-/m1/s1. The molecule has 4 aliphatic carbocycles. The van der Waals surface area contributed by atoms with Crippen molar-refractivity contribution in [3.8, 4) is 0 Å². The summed E-state index contributed by atoms with van der Waals surface area (Å²) in [6.07, 6.45) is 2.85. The molecule has 0 heterocycles. The summed E-state index contributed by atoms with van der Waals surface area (Å²) < 4.78 is 58.5. The van der Waals surface area contributed by atoms with E-state index in [1.807, 2.05) is 13.8 Å². The zero-order valence-electron chi connectivity index (χ0n) is 24.7. The summed E-state index contributed by atoms with van der Waals surface area (Å²) >= 11 is 0. The van der Waals surface area contributed by atoms with Crippen LogP contribution in [0.3, 0.4) is 0 Å². The molecule has 0 saturated heterocycles. The predicted molar refractivity (Wildman–Crippen MR) is 152 cm³/mol. The number of rotatable bonds is 7. The first kappa shape index (κ1) is 30.9. The van der Waals surface area contributed by atoms with Gasteiger partial charge in [0.05, 0.1) is 11.0 Å². The molecule has 1 amide bonds. The van der Waals surface area contributed by atoms with Crippen LogP contribution >= 0.6 is 0 Å². The lowest BCUT2D eigenvalue weighted by atomic mass is 9.40. The zero-order chi connectivity index (χ0) is 30.0. The molecule has 11 atom stereocenters. The number of carbonyl (C=O) groups excluding carboxylic acids is 1. The third kappa shape index (κ3) is 4.95. The normalized spacial score (nSPS) is 42.4. The highest BCUT2D eigenvalue weighted by Crippen LogP contribution is 2.71. The predicted octanol–water partition coefficient (Wildman–Crippen LogP) is 5.78. The third-order valence-corrected chi connectivity index (χ3v) is 13.7. The Kier molecular flexibility index (Phi) is 8.17. The van der Waals surface area contributed by atoms with E-state index >= 15 is 8.78 Å². The van der Waals surface area contributed by atoms with Crippen LogP contribution in [0.15, 0.2) is 35.2 Å². The van der Waals surface area contributed by atoms with Crippen molar-refractivity contribution in [1.29, 1.82) is 0 Å². The van der Waals surface area contributed by atoms with Gasteiger partial charge in [-0.1, -0.05) is 52.3 Å². The Morgan fingerprint density at radius 2 is 1.66 bits per heavy atom. The van der Waals surface area contributed by atoms with Crippen molar-refractivity contribution in [2.75, 3.05) is 0 Å². The fourth-order valence-electron chi connectivity index (χ4n) is 10.4. The molecule has 9 heteroatoms. The Hall–Kier alpha value is -1.58. The van der Waals surface area contributed by atoms with E-state index in [0.717, 1.165) is 25.7 Å². The number of aliphatic hydroxyl groups is 2. The second-order valence-electron chi connectivity index (χ2n) is 14.2. The van der Waals surface area contributed by atoms with Crippen molar-refractivity contribution in [2.24, 2.45) is 52.3 Å². The maximum absolute atomic E-state index is 15.6. The number of fused-ring (bicyclic) bond motifs is 5. The Bertz CT molecular complexity index is 1230. The number of hydrogen-bond donors (Lipinski definition) is 3. The molecular formula is C32H47F2NO5S. The van der Waals surface area contributed by atoms with Gasteiger partial charge in [0.1, 0.15) is 6.10 Å². The van der Waals surface area contributed by atoms with E-state index < -0.39 is 51.3 Å². The smallest absolute Gasteiger partial charge is 0.277 e. The van der Waals surface area contributed by atoms with Crippen molar-refractivity contribution in [3.05, 3.63) is 30.3 Å². The van der Waals surface area contributed by atoms with Crippen LogP contribution in [0.1, 0.15) is 85.5 Å². The van der Waals surface area contributed by atoms with Crippen molar-refractivity contribution in [1.82, 2.24) is 4.72 Å². The molecule has 0 spiro atoms. The van der Waals surface area contributed by atoms with Crippen LogP contribution < -0.4 is 4.72 Å². The molecule has 1 aromatic rings. The summed E-state index contributed by atoms with van der Waals surface area (Å²) in [5.41, 5.74) is -0.701. The first-order valence-electron chi connectivity index (χ1n) is 15.5. The lowest BCUT2D eigenvalue weighted by molar-refractivity contribution is -0.286. The molecule has 41 heavy (non-hydrogen) atoms. The van der Waals surface area contributed by atoms with Gasteiger partial charge in [-0.3, -0.25) is 4.79 Å². The second kappa shape index (κ2) is 10.8. The molecule has 5 rings (SSSR count). The molecule has 4 saturated carbocycles. The molecule has 230 valence electrons. The van der Waals surface area contributed by atoms with Gasteiger partial charge in [0.2, 0.25) is 5.91 Å². The van der Waals surface area contributed by atoms with E-state index in [0.29, 0.717) is 25.2 Å². The first-order valence-corrected chi connectivity index (χ1v) is 17.0. The van der Waals surface area contributed by atoms with Crippen LogP contribution in [-0.2, 0) is 14.8 Å². The van der Waals surface area contributed by atoms with Crippen molar-refractivity contribution in [3.63, 3.8) is 0 Å². The Labute approximate surface area is 243 Å². The van der Waals surface area contributed by atoms with Crippen molar-refractivity contribution < 1.29 is 32.2 Å². The highest BCUT2D eigenvalue weighted by atomic mass is 32.2. The highest BCUT2D eigenvalue weighted by molar-refractivity contribution is 7.90. The number of alkyl halides is 2. The zero-order valence-corrected chi connectivity index (χ0v) is 25.5. The Balaban J connectivity index is 1.30. The third-order valence-electron chi connectivity index (χ3n) is 12.3. The summed E-state index contributed by atoms with van der Waals surface area (Å²) in [7, 11) is -3.91. The summed E-state index contributed by atoms with van der Waals surface area (Å²) in [4.78, 5) is 12.7. The quantitative estimate of drug-likeness (QED) is 0.371. The van der Waals surface area contributed by atoms with Gasteiger partial charge in [-0.25, -0.2) is 21.9 Å². The van der Waals surface area contributed by atoms with Gasteiger partial charge in [-0.15, -0.1) is 0 Å². The van der Waals surface area contributed by atoms with Crippen LogP contribution in [0.5, 0.6) is 0 Å². The number of sulfonamides is 1. The minimum absolute atomic E-state index is 0.00947. The van der Waals surface area contributed by atoms with E-state index in [9.17, 15) is 23.4 Å². The summed E-state index contributed by atoms with van der Waals surface area (Å²) in [5.74, 6) is -4.67. The lowest BCUT2D eigenvalue weighted by Crippen LogP contribution is -2.67. The minimum Gasteiger partial charge on any atom is -0.393 e. The summed E-state index contributed by atoms with van der Waals surface area (Å²) in [5, 5.41) is 22.1. The molecule has 4 fully saturated rings. The molecule has 6 nitrogen and oxygen atoms in total. The number of carbonyl (C=O) groups is 1. The van der Waals surface area contributed by atoms with Crippen LogP contribution in [0.4, 0.5) is 8.78 Å². The Morgan fingerprint density at radius 3 is 2.32 bits per heavy atom. The minimum atomic E-state index is -3.91. The number of hydrogen-bond acceptors (Lipinski definition) is 5. The molecule has 0 bridgehead atoms. The van der Waals surface area contributed by atoms with Crippen LogP contribution in [0, 0.1) is 52.3 Å². The number of nitrogens with one attached hydrogen (secondary N) is 1. The van der Waals surface area contributed by atoms with Crippen molar-refractivity contribution in [2.45, 2.75) is 109 Å². The topological polar surface area (TPSA) is 104 Å².